The molecule has 0 heterocycles. The van der Waals surface area contributed by atoms with Crippen LogP contribution in [0.3, 0.4) is 0 Å². The third-order valence-electron chi connectivity index (χ3n) is 1.66. The van der Waals surface area contributed by atoms with Gasteiger partial charge in [0, 0.05) is 17.2 Å². The molecule has 4 heteroatoms. The molecule has 1 N–H and O–H groups in total. The number of nitrogens with one attached hydrogen (secondary N) is 1. The average molecular weight is 211 g/mol. The average Bonchev–Trinajstić information content (AvgIpc) is 2.25. The van der Waals surface area contributed by atoms with E-state index in [1.807, 2.05) is 24.3 Å². The number of ether oxygens (including phenoxy) is 1. The zero-order chi connectivity index (χ0) is 10.2. The molecule has 0 bridgehead atoms. The van der Waals surface area contributed by atoms with Gasteiger partial charge in [0.25, 0.3) is 0 Å². The minimum Gasteiger partial charge on any atom is -0.497 e. The molecule has 0 aliphatic heterocycles. The second-order valence-corrected chi connectivity index (χ2v) is 3.76. The minimum atomic E-state index is 0.695. The van der Waals surface area contributed by atoms with Gasteiger partial charge in [-0.2, -0.15) is 0 Å². The quantitative estimate of drug-likeness (QED) is 0.440. The fraction of sp³-hybridized carbons (Fsp3) is 0.300. The summed E-state index contributed by atoms with van der Waals surface area (Å²) in [5, 5.41) is 2.61. The van der Waals surface area contributed by atoms with E-state index in [1.165, 1.54) is 4.90 Å². The lowest BCUT2D eigenvalue weighted by molar-refractivity contribution is -0.109. The Hall–Kier alpha value is -1.16. The van der Waals surface area contributed by atoms with Crippen LogP contribution in [0.2, 0.25) is 0 Å². The topological polar surface area (TPSA) is 38.3 Å². The smallest absolute Gasteiger partial charge is 0.207 e. The van der Waals surface area contributed by atoms with Crippen molar-refractivity contribution in [1.82, 2.24) is 5.32 Å². The first-order valence-corrected chi connectivity index (χ1v) is 5.29. The van der Waals surface area contributed by atoms with Crippen LogP contribution in [0, 0.1) is 0 Å². The molecular weight excluding hydrogens is 198 g/mol. The molecule has 0 aliphatic carbocycles. The van der Waals surface area contributed by atoms with E-state index in [0.29, 0.717) is 13.0 Å². The summed E-state index contributed by atoms with van der Waals surface area (Å²) in [7, 11) is 1.65. The maximum atomic E-state index is 9.96. The SMILES string of the molecule is COc1ccc(SCCNC=O)cc1. The Bertz CT molecular complexity index is 274. The number of hydrogen-bond donors (Lipinski definition) is 1. The fourth-order valence-electron chi connectivity index (χ4n) is 0.959. The van der Waals surface area contributed by atoms with Crippen LogP contribution < -0.4 is 10.1 Å². The number of methoxy groups -OCH3 is 1. The highest BCUT2D eigenvalue weighted by Gasteiger charge is 1.94. The molecule has 3 nitrogen and oxygen atoms in total. The molecular formula is C10H13NO2S. The summed E-state index contributed by atoms with van der Waals surface area (Å²) >= 11 is 1.70. The lowest BCUT2D eigenvalue weighted by Gasteiger charge is -2.02. The molecule has 0 aliphatic rings. The van der Waals surface area contributed by atoms with Gasteiger partial charge in [-0.25, -0.2) is 0 Å². The molecule has 14 heavy (non-hydrogen) atoms. The van der Waals surface area contributed by atoms with Crippen molar-refractivity contribution in [3.05, 3.63) is 24.3 Å². The molecule has 0 atom stereocenters. The van der Waals surface area contributed by atoms with Gasteiger partial charge in [-0.3, -0.25) is 4.79 Å². The number of rotatable bonds is 6. The number of thioether (sulfide) groups is 1. The molecule has 0 saturated carbocycles. The zero-order valence-electron chi connectivity index (χ0n) is 8.03. The summed E-state index contributed by atoms with van der Waals surface area (Å²) < 4.78 is 5.04. The Balaban J connectivity index is 2.32. The first-order valence-electron chi connectivity index (χ1n) is 4.30. The molecule has 0 radical (unpaired) electrons. The van der Waals surface area contributed by atoms with Crippen LogP contribution in [-0.2, 0) is 4.79 Å². The molecule has 0 aromatic heterocycles. The van der Waals surface area contributed by atoms with E-state index in [0.717, 1.165) is 11.5 Å². The highest BCUT2D eigenvalue weighted by atomic mass is 32.2. The molecule has 1 rings (SSSR count). The molecule has 0 unspecified atom stereocenters. The Labute approximate surface area is 87.8 Å². The van der Waals surface area contributed by atoms with Crippen LogP contribution >= 0.6 is 11.8 Å². The van der Waals surface area contributed by atoms with Crippen LogP contribution in [0.4, 0.5) is 0 Å². The van der Waals surface area contributed by atoms with Crippen LogP contribution in [0.25, 0.3) is 0 Å². The monoisotopic (exact) mass is 211 g/mol. The normalized spacial score (nSPS) is 9.50. The van der Waals surface area contributed by atoms with E-state index in [2.05, 4.69) is 5.32 Å². The van der Waals surface area contributed by atoms with Crippen molar-refractivity contribution in [3.63, 3.8) is 0 Å². The van der Waals surface area contributed by atoms with Gasteiger partial charge in [0.2, 0.25) is 6.41 Å². The standard InChI is InChI=1S/C10H13NO2S/c1-13-9-2-4-10(5-3-9)14-7-6-11-8-12/h2-5,8H,6-7H2,1H3,(H,11,12). The van der Waals surface area contributed by atoms with Gasteiger partial charge in [0.1, 0.15) is 5.75 Å². The van der Waals surface area contributed by atoms with Crippen molar-refractivity contribution in [2.45, 2.75) is 4.90 Å². The Morgan fingerprint density at radius 3 is 2.71 bits per heavy atom. The summed E-state index contributed by atoms with van der Waals surface area (Å²) in [6.45, 7) is 0.695. The van der Waals surface area contributed by atoms with E-state index in [9.17, 15) is 4.79 Å². The fourth-order valence-corrected chi connectivity index (χ4v) is 1.74. The van der Waals surface area contributed by atoms with E-state index in [-0.39, 0.29) is 0 Å². The first kappa shape index (κ1) is 10.9. The number of carbonyl (C=O) groups is 1. The lowest BCUT2D eigenvalue weighted by Crippen LogP contribution is -2.13. The van der Waals surface area contributed by atoms with Gasteiger partial charge in [-0.1, -0.05) is 0 Å². The molecule has 0 saturated heterocycles. The Kier molecular flexibility index (Phi) is 4.93. The van der Waals surface area contributed by atoms with E-state index < -0.39 is 0 Å². The van der Waals surface area contributed by atoms with Gasteiger partial charge in [0.05, 0.1) is 7.11 Å². The summed E-state index contributed by atoms with van der Waals surface area (Å²) in [6, 6.07) is 7.86. The molecule has 0 fully saturated rings. The van der Waals surface area contributed by atoms with Crippen molar-refractivity contribution in [1.29, 1.82) is 0 Å². The molecule has 1 aromatic carbocycles. The van der Waals surface area contributed by atoms with Gasteiger partial charge in [-0.05, 0) is 24.3 Å². The Morgan fingerprint density at radius 2 is 2.14 bits per heavy atom. The van der Waals surface area contributed by atoms with Crippen molar-refractivity contribution < 1.29 is 9.53 Å². The number of hydrogen-bond acceptors (Lipinski definition) is 3. The third kappa shape index (κ3) is 3.70. The van der Waals surface area contributed by atoms with Crippen LogP contribution in [0.1, 0.15) is 0 Å². The maximum absolute atomic E-state index is 9.96. The highest BCUT2D eigenvalue weighted by Crippen LogP contribution is 2.20. The zero-order valence-corrected chi connectivity index (χ0v) is 8.84. The molecule has 1 aromatic rings. The first-order chi connectivity index (χ1) is 6.86. The van der Waals surface area contributed by atoms with E-state index in [4.69, 9.17) is 4.74 Å². The summed E-state index contributed by atoms with van der Waals surface area (Å²) in [4.78, 5) is 11.1. The predicted molar refractivity (Wildman–Crippen MR) is 57.8 cm³/mol. The van der Waals surface area contributed by atoms with Crippen molar-refractivity contribution in [2.24, 2.45) is 0 Å². The van der Waals surface area contributed by atoms with Crippen molar-refractivity contribution >= 4 is 18.2 Å². The second kappa shape index (κ2) is 6.32. The van der Waals surface area contributed by atoms with Crippen molar-refractivity contribution in [2.75, 3.05) is 19.4 Å². The number of benzene rings is 1. The minimum absolute atomic E-state index is 0.695. The summed E-state index contributed by atoms with van der Waals surface area (Å²) in [5.41, 5.74) is 0. The maximum Gasteiger partial charge on any atom is 0.207 e. The van der Waals surface area contributed by atoms with Gasteiger partial charge < -0.3 is 10.1 Å². The Morgan fingerprint density at radius 1 is 1.43 bits per heavy atom. The molecule has 1 amide bonds. The summed E-state index contributed by atoms with van der Waals surface area (Å²) in [6.07, 6.45) is 0.717. The van der Waals surface area contributed by atoms with Gasteiger partial charge in [0.15, 0.2) is 0 Å². The molecule has 76 valence electrons. The van der Waals surface area contributed by atoms with E-state index >= 15 is 0 Å². The second-order valence-electron chi connectivity index (χ2n) is 2.60. The van der Waals surface area contributed by atoms with Gasteiger partial charge in [-0.15, -0.1) is 11.8 Å². The van der Waals surface area contributed by atoms with Crippen LogP contribution in [0.15, 0.2) is 29.2 Å². The highest BCUT2D eigenvalue weighted by molar-refractivity contribution is 7.99. The largest absolute Gasteiger partial charge is 0.497 e. The third-order valence-corrected chi connectivity index (χ3v) is 2.67. The number of amides is 1. The lowest BCUT2D eigenvalue weighted by atomic mass is 10.3. The molecule has 0 spiro atoms. The number of carbonyl (C=O) groups excluding carboxylic acids is 1. The predicted octanol–water partition coefficient (Wildman–Crippen LogP) is 1.53. The van der Waals surface area contributed by atoms with Crippen LogP contribution in [0.5, 0.6) is 5.75 Å². The van der Waals surface area contributed by atoms with E-state index in [1.54, 1.807) is 18.9 Å². The van der Waals surface area contributed by atoms with Gasteiger partial charge >= 0.3 is 0 Å². The van der Waals surface area contributed by atoms with Crippen LogP contribution in [-0.4, -0.2) is 25.8 Å². The van der Waals surface area contributed by atoms with Crippen molar-refractivity contribution in [3.8, 4) is 5.75 Å². The summed E-state index contributed by atoms with van der Waals surface area (Å²) in [5.74, 6) is 1.74.